The summed E-state index contributed by atoms with van der Waals surface area (Å²) in [7, 11) is 1.71. The van der Waals surface area contributed by atoms with Crippen molar-refractivity contribution in [2.75, 3.05) is 51.3 Å². The highest BCUT2D eigenvalue weighted by Crippen LogP contribution is 2.28. The first-order valence-corrected chi connectivity index (χ1v) is 8.00. The molecule has 1 aromatic carbocycles. The van der Waals surface area contributed by atoms with E-state index >= 15 is 0 Å². The van der Waals surface area contributed by atoms with E-state index in [2.05, 4.69) is 21.2 Å². The Balaban J connectivity index is 1.77. The first-order chi connectivity index (χ1) is 10.6. The average Bonchev–Trinajstić information content (AvgIpc) is 2.55. The molecule has 1 fully saturated rings. The van der Waals surface area contributed by atoms with Crippen LogP contribution in [0.1, 0.15) is 13.8 Å². The maximum Gasteiger partial charge on any atom is 0.222 e. The molecule has 1 amide bonds. The van der Waals surface area contributed by atoms with Crippen LogP contribution < -0.4 is 15.0 Å². The maximum absolute atomic E-state index is 11.5. The lowest BCUT2D eigenvalue weighted by Gasteiger charge is -2.36. The largest absolute Gasteiger partial charge is 0.495 e. The van der Waals surface area contributed by atoms with E-state index in [0.29, 0.717) is 0 Å². The van der Waals surface area contributed by atoms with E-state index in [1.165, 1.54) is 0 Å². The molecule has 1 heterocycles. The zero-order valence-corrected chi connectivity index (χ0v) is 13.8. The number of hydrogen-bond acceptors (Lipinski definition) is 4. The number of piperazine rings is 1. The molecule has 1 saturated heterocycles. The maximum atomic E-state index is 11.5. The Kier molecular flexibility index (Phi) is 6.07. The van der Waals surface area contributed by atoms with Gasteiger partial charge in [0.2, 0.25) is 5.91 Å². The number of anilines is 1. The van der Waals surface area contributed by atoms with Gasteiger partial charge in [0.05, 0.1) is 12.8 Å². The molecular formula is C17H27N3O2. The van der Waals surface area contributed by atoms with E-state index in [9.17, 15) is 4.79 Å². The first kappa shape index (κ1) is 16.6. The fraction of sp³-hybridized carbons (Fsp3) is 0.588. The lowest BCUT2D eigenvalue weighted by atomic mass is 10.2. The average molecular weight is 305 g/mol. The van der Waals surface area contributed by atoms with Crippen molar-refractivity contribution in [2.24, 2.45) is 5.92 Å². The molecule has 0 radical (unpaired) electrons. The van der Waals surface area contributed by atoms with Crippen LogP contribution >= 0.6 is 0 Å². The number of benzene rings is 1. The van der Waals surface area contributed by atoms with Crippen LogP contribution in [0.3, 0.4) is 0 Å². The zero-order valence-electron chi connectivity index (χ0n) is 13.8. The highest BCUT2D eigenvalue weighted by molar-refractivity contribution is 5.77. The molecule has 0 aliphatic carbocycles. The van der Waals surface area contributed by atoms with Crippen LogP contribution in [0, 0.1) is 5.92 Å². The van der Waals surface area contributed by atoms with Crippen molar-refractivity contribution in [3.05, 3.63) is 24.3 Å². The molecule has 2 rings (SSSR count). The van der Waals surface area contributed by atoms with Crippen LogP contribution in [-0.4, -0.2) is 57.2 Å². The molecule has 1 N–H and O–H groups in total. The van der Waals surface area contributed by atoms with E-state index in [1.807, 2.05) is 32.0 Å². The molecule has 0 bridgehead atoms. The lowest BCUT2D eigenvalue weighted by molar-refractivity contribution is -0.124. The molecule has 0 unspecified atom stereocenters. The van der Waals surface area contributed by atoms with E-state index in [0.717, 1.165) is 50.7 Å². The third kappa shape index (κ3) is 4.37. The normalized spacial score (nSPS) is 15.9. The number of nitrogens with one attached hydrogen (secondary N) is 1. The van der Waals surface area contributed by atoms with Crippen LogP contribution in [-0.2, 0) is 4.79 Å². The Bertz CT molecular complexity index is 483. The highest BCUT2D eigenvalue weighted by Gasteiger charge is 2.19. The second-order valence-electron chi connectivity index (χ2n) is 5.95. The molecule has 0 spiro atoms. The second kappa shape index (κ2) is 8.03. The van der Waals surface area contributed by atoms with Crippen LogP contribution in [0.25, 0.3) is 0 Å². The molecule has 1 aliphatic heterocycles. The van der Waals surface area contributed by atoms with Gasteiger partial charge in [0.25, 0.3) is 0 Å². The number of carbonyl (C=O) groups excluding carboxylic acids is 1. The fourth-order valence-corrected chi connectivity index (χ4v) is 2.64. The van der Waals surface area contributed by atoms with Crippen molar-refractivity contribution in [1.29, 1.82) is 0 Å². The van der Waals surface area contributed by atoms with Crippen molar-refractivity contribution >= 4 is 11.6 Å². The zero-order chi connectivity index (χ0) is 15.9. The fourth-order valence-electron chi connectivity index (χ4n) is 2.64. The molecule has 22 heavy (non-hydrogen) atoms. The van der Waals surface area contributed by atoms with E-state index in [-0.39, 0.29) is 11.8 Å². The van der Waals surface area contributed by atoms with Gasteiger partial charge in [-0.3, -0.25) is 9.69 Å². The summed E-state index contributed by atoms with van der Waals surface area (Å²) in [6.07, 6.45) is 0. The van der Waals surface area contributed by atoms with Crippen LogP contribution in [0.4, 0.5) is 5.69 Å². The minimum absolute atomic E-state index is 0.0578. The molecule has 5 heteroatoms. The number of amides is 1. The lowest BCUT2D eigenvalue weighted by Crippen LogP contribution is -2.48. The van der Waals surface area contributed by atoms with E-state index < -0.39 is 0 Å². The minimum atomic E-state index is 0.0578. The summed E-state index contributed by atoms with van der Waals surface area (Å²) in [6, 6.07) is 8.15. The van der Waals surface area contributed by atoms with E-state index in [4.69, 9.17) is 4.74 Å². The van der Waals surface area contributed by atoms with Crippen LogP contribution in [0.2, 0.25) is 0 Å². The smallest absolute Gasteiger partial charge is 0.222 e. The van der Waals surface area contributed by atoms with Gasteiger partial charge in [0, 0.05) is 45.2 Å². The summed E-state index contributed by atoms with van der Waals surface area (Å²) in [5.41, 5.74) is 1.16. The van der Waals surface area contributed by atoms with Crippen molar-refractivity contribution in [3.63, 3.8) is 0 Å². The summed E-state index contributed by atoms with van der Waals surface area (Å²) in [5.74, 6) is 1.12. The molecule has 0 atom stereocenters. The predicted molar refractivity (Wildman–Crippen MR) is 89.5 cm³/mol. The first-order valence-electron chi connectivity index (χ1n) is 8.00. The molecule has 5 nitrogen and oxygen atoms in total. The quantitative estimate of drug-likeness (QED) is 0.867. The van der Waals surface area contributed by atoms with Crippen molar-refractivity contribution in [3.8, 4) is 5.75 Å². The van der Waals surface area contributed by atoms with Gasteiger partial charge in [-0.15, -0.1) is 0 Å². The summed E-state index contributed by atoms with van der Waals surface area (Å²) >= 11 is 0. The van der Waals surface area contributed by atoms with Gasteiger partial charge in [0.15, 0.2) is 0 Å². The molecule has 1 aliphatic rings. The summed E-state index contributed by atoms with van der Waals surface area (Å²) in [5, 5.41) is 2.98. The second-order valence-corrected chi connectivity index (χ2v) is 5.95. The standard InChI is InChI=1S/C17H27N3O2/c1-14(2)17(21)18-8-9-19-10-12-20(13-11-19)15-6-4-5-7-16(15)22-3/h4-7,14H,8-13H2,1-3H3,(H,18,21). The van der Waals surface area contributed by atoms with Crippen LogP contribution in [0.5, 0.6) is 5.75 Å². The Labute approximate surface area is 133 Å². The minimum Gasteiger partial charge on any atom is -0.495 e. The number of para-hydroxylation sites is 2. The Hall–Kier alpha value is -1.75. The Morgan fingerprint density at radius 2 is 1.91 bits per heavy atom. The van der Waals surface area contributed by atoms with Crippen molar-refractivity contribution in [1.82, 2.24) is 10.2 Å². The molecular weight excluding hydrogens is 278 g/mol. The molecule has 0 saturated carbocycles. The monoisotopic (exact) mass is 305 g/mol. The predicted octanol–water partition coefficient (Wildman–Crippen LogP) is 1.59. The van der Waals surface area contributed by atoms with Crippen molar-refractivity contribution < 1.29 is 9.53 Å². The van der Waals surface area contributed by atoms with Gasteiger partial charge >= 0.3 is 0 Å². The van der Waals surface area contributed by atoms with Gasteiger partial charge in [0.1, 0.15) is 5.75 Å². The van der Waals surface area contributed by atoms with Gasteiger partial charge in [-0.2, -0.15) is 0 Å². The molecule has 122 valence electrons. The van der Waals surface area contributed by atoms with Gasteiger partial charge < -0.3 is 15.0 Å². The third-order valence-electron chi connectivity index (χ3n) is 4.05. The number of nitrogens with zero attached hydrogens (tertiary/aromatic N) is 2. The summed E-state index contributed by atoms with van der Waals surface area (Å²) in [6.45, 7) is 9.47. The topological polar surface area (TPSA) is 44.8 Å². The van der Waals surface area contributed by atoms with Crippen molar-refractivity contribution in [2.45, 2.75) is 13.8 Å². The number of ether oxygens (including phenoxy) is 1. The highest BCUT2D eigenvalue weighted by atomic mass is 16.5. The Morgan fingerprint density at radius 3 is 2.55 bits per heavy atom. The molecule has 0 aromatic heterocycles. The number of rotatable bonds is 6. The SMILES string of the molecule is COc1ccccc1N1CCN(CCNC(=O)C(C)C)CC1. The number of methoxy groups -OCH3 is 1. The van der Waals surface area contributed by atoms with Crippen LogP contribution in [0.15, 0.2) is 24.3 Å². The van der Waals surface area contributed by atoms with Gasteiger partial charge in [-0.25, -0.2) is 0 Å². The summed E-state index contributed by atoms with van der Waals surface area (Å²) in [4.78, 5) is 16.3. The number of hydrogen-bond donors (Lipinski definition) is 1. The third-order valence-corrected chi connectivity index (χ3v) is 4.05. The van der Waals surface area contributed by atoms with Gasteiger partial charge in [-0.05, 0) is 12.1 Å². The summed E-state index contributed by atoms with van der Waals surface area (Å²) < 4.78 is 5.44. The van der Waals surface area contributed by atoms with Gasteiger partial charge in [-0.1, -0.05) is 26.0 Å². The number of carbonyl (C=O) groups is 1. The molecule has 1 aromatic rings. The Morgan fingerprint density at radius 1 is 1.23 bits per heavy atom. The van der Waals surface area contributed by atoms with E-state index in [1.54, 1.807) is 7.11 Å².